The van der Waals surface area contributed by atoms with E-state index >= 15 is 0 Å². The Balaban J connectivity index is 2.14. The molecule has 0 saturated carbocycles. The number of aromatic nitrogens is 2. The summed E-state index contributed by atoms with van der Waals surface area (Å²) in [7, 11) is 1.93. The van der Waals surface area contributed by atoms with Gasteiger partial charge in [-0.05, 0) is 18.6 Å². The number of fused-ring (bicyclic) bond motifs is 1. The molecule has 0 spiro atoms. The smallest absolute Gasteiger partial charge is 0.313 e. The third-order valence-corrected chi connectivity index (χ3v) is 4.52. The molecule has 2 heterocycles. The van der Waals surface area contributed by atoms with E-state index in [0.29, 0.717) is 29.5 Å². The Kier molecular flexibility index (Phi) is 3.48. The van der Waals surface area contributed by atoms with Crippen LogP contribution in [-0.4, -0.2) is 23.6 Å². The van der Waals surface area contributed by atoms with Crippen LogP contribution in [0.15, 0.2) is 34.0 Å². The van der Waals surface area contributed by atoms with Crippen molar-refractivity contribution in [2.45, 2.75) is 18.9 Å². The third-order valence-electron chi connectivity index (χ3n) is 4.28. The van der Waals surface area contributed by atoms with Crippen LogP contribution in [0.2, 0.25) is 5.02 Å². The minimum atomic E-state index is -0.666. The number of benzene rings is 1. The Morgan fingerprint density at radius 1 is 1.36 bits per heavy atom. The highest BCUT2D eigenvalue weighted by Crippen LogP contribution is 2.43. The molecule has 1 aromatic heterocycles. The largest absolute Gasteiger partial charge is 0.488 e. The number of rotatable bonds is 2. The third kappa shape index (κ3) is 2.11. The van der Waals surface area contributed by atoms with Crippen molar-refractivity contribution in [2.24, 2.45) is 0 Å². The summed E-state index contributed by atoms with van der Waals surface area (Å²) in [5, 5.41) is 0.605. The van der Waals surface area contributed by atoms with Gasteiger partial charge in [0.2, 0.25) is 0 Å². The van der Waals surface area contributed by atoms with Crippen molar-refractivity contribution in [3.63, 3.8) is 0 Å². The number of ether oxygens (including phenoxy) is 1. The lowest BCUT2D eigenvalue weighted by Crippen LogP contribution is -2.52. The van der Waals surface area contributed by atoms with E-state index in [-0.39, 0.29) is 0 Å². The van der Waals surface area contributed by atoms with Gasteiger partial charge in [-0.1, -0.05) is 18.5 Å². The Bertz CT molecular complexity index is 829. The summed E-state index contributed by atoms with van der Waals surface area (Å²) in [5.74, 6) is 0.700. The molecule has 1 aliphatic heterocycles. The number of H-pyrrole nitrogens is 2. The molecule has 0 bridgehead atoms. The van der Waals surface area contributed by atoms with Crippen LogP contribution in [0.5, 0.6) is 5.75 Å². The first-order chi connectivity index (χ1) is 10.5. The fourth-order valence-electron chi connectivity index (χ4n) is 2.86. The lowest BCUT2D eigenvalue weighted by Gasteiger charge is -2.46. The standard InChI is InChI=1S/C15H16ClN3O3/c1-3-15(12-7-17-13(20)14(21)18-12)8-22-11-6-9(16)4-5-10(11)19(15)2/h4-7H,3,8H2,1-2H3,(H,17,20)(H,18,21). The van der Waals surface area contributed by atoms with Crippen LogP contribution < -0.4 is 20.8 Å². The second-order valence-corrected chi connectivity index (χ2v) is 5.77. The monoisotopic (exact) mass is 321 g/mol. The van der Waals surface area contributed by atoms with E-state index in [1.165, 1.54) is 6.20 Å². The number of hydrogen-bond acceptors (Lipinski definition) is 4. The Labute approximate surface area is 131 Å². The van der Waals surface area contributed by atoms with Gasteiger partial charge < -0.3 is 19.6 Å². The van der Waals surface area contributed by atoms with Gasteiger partial charge in [0.15, 0.2) is 0 Å². The van der Waals surface area contributed by atoms with Crippen LogP contribution in [0, 0.1) is 0 Å². The van der Waals surface area contributed by atoms with Crippen LogP contribution in [0.25, 0.3) is 0 Å². The zero-order valence-electron chi connectivity index (χ0n) is 12.3. The van der Waals surface area contributed by atoms with Gasteiger partial charge >= 0.3 is 11.1 Å². The number of anilines is 1. The Hall–Kier alpha value is -2.21. The number of aromatic amines is 2. The first kappa shape index (κ1) is 14.7. The second-order valence-electron chi connectivity index (χ2n) is 5.33. The van der Waals surface area contributed by atoms with Crippen molar-refractivity contribution in [3.8, 4) is 5.75 Å². The van der Waals surface area contributed by atoms with Crippen molar-refractivity contribution in [3.05, 3.63) is 55.8 Å². The lowest BCUT2D eigenvalue weighted by molar-refractivity contribution is 0.183. The molecule has 7 heteroatoms. The molecule has 1 unspecified atom stereocenters. The zero-order valence-corrected chi connectivity index (χ0v) is 13.0. The molecule has 116 valence electrons. The minimum Gasteiger partial charge on any atom is -0.488 e. The van der Waals surface area contributed by atoms with Crippen molar-refractivity contribution in [1.82, 2.24) is 9.97 Å². The predicted octanol–water partition coefficient (Wildman–Crippen LogP) is 1.85. The molecule has 0 fully saturated rings. The lowest BCUT2D eigenvalue weighted by atomic mass is 9.89. The molecule has 2 aromatic rings. The molecule has 1 aliphatic rings. The molecule has 0 aliphatic carbocycles. The first-order valence-electron chi connectivity index (χ1n) is 6.96. The summed E-state index contributed by atoms with van der Waals surface area (Å²) in [6.45, 7) is 2.35. The maximum atomic E-state index is 11.7. The number of likely N-dealkylation sites (N-methyl/N-ethyl adjacent to an activating group) is 1. The van der Waals surface area contributed by atoms with Gasteiger partial charge in [-0.25, -0.2) is 0 Å². The van der Waals surface area contributed by atoms with E-state index in [2.05, 4.69) is 9.97 Å². The molecule has 0 radical (unpaired) electrons. The van der Waals surface area contributed by atoms with Crippen LogP contribution >= 0.6 is 11.6 Å². The predicted molar refractivity (Wildman–Crippen MR) is 85.0 cm³/mol. The van der Waals surface area contributed by atoms with Crippen LogP contribution in [-0.2, 0) is 5.54 Å². The van der Waals surface area contributed by atoms with E-state index in [9.17, 15) is 9.59 Å². The van der Waals surface area contributed by atoms with Gasteiger partial charge in [0.25, 0.3) is 0 Å². The average molecular weight is 322 g/mol. The number of halogens is 1. The van der Waals surface area contributed by atoms with Crippen molar-refractivity contribution in [2.75, 3.05) is 18.6 Å². The summed E-state index contributed by atoms with van der Waals surface area (Å²) in [5.41, 5.74) is -0.404. The average Bonchev–Trinajstić information content (AvgIpc) is 2.51. The van der Waals surface area contributed by atoms with E-state index in [1.807, 2.05) is 24.9 Å². The minimum absolute atomic E-state index is 0.343. The van der Waals surface area contributed by atoms with Crippen LogP contribution in [0.1, 0.15) is 19.0 Å². The summed E-state index contributed by atoms with van der Waals surface area (Å²) < 4.78 is 5.87. The van der Waals surface area contributed by atoms with Gasteiger partial charge in [-0.3, -0.25) is 9.59 Å². The van der Waals surface area contributed by atoms with Gasteiger partial charge in [0.05, 0.1) is 11.4 Å². The van der Waals surface area contributed by atoms with Crippen LogP contribution in [0.3, 0.4) is 0 Å². The molecule has 22 heavy (non-hydrogen) atoms. The molecule has 0 amide bonds. The van der Waals surface area contributed by atoms with Gasteiger partial charge in [-0.15, -0.1) is 0 Å². The Morgan fingerprint density at radius 3 is 2.82 bits per heavy atom. The van der Waals surface area contributed by atoms with E-state index in [4.69, 9.17) is 16.3 Å². The van der Waals surface area contributed by atoms with Gasteiger partial charge in [0.1, 0.15) is 17.9 Å². The maximum Gasteiger partial charge on any atom is 0.313 e. The maximum absolute atomic E-state index is 11.7. The number of nitrogens with zero attached hydrogens (tertiary/aromatic N) is 1. The summed E-state index contributed by atoms with van der Waals surface area (Å²) in [4.78, 5) is 30.2. The van der Waals surface area contributed by atoms with Crippen molar-refractivity contribution >= 4 is 17.3 Å². The van der Waals surface area contributed by atoms with E-state index in [0.717, 1.165) is 5.69 Å². The highest BCUT2D eigenvalue weighted by molar-refractivity contribution is 6.30. The molecular formula is C15H16ClN3O3. The molecular weight excluding hydrogens is 306 g/mol. The molecule has 3 rings (SSSR count). The normalized spacial score (nSPS) is 20.4. The Morgan fingerprint density at radius 2 is 2.14 bits per heavy atom. The SMILES string of the molecule is CCC1(c2c[nH]c(=O)c(=O)[nH]2)COc2cc(Cl)ccc2N1C. The quantitative estimate of drug-likeness (QED) is 0.827. The summed E-state index contributed by atoms with van der Waals surface area (Å²) in [6.07, 6.45) is 2.22. The topological polar surface area (TPSA) is 78.2 Å². The van der Waals surface area contributed by atoms with Gasteiger partial charge in [-0.2, -0.15) is 0 Å². The van der Waals surface area contributed by atoms with Crippen molar-refractivity contribution < 1.29 is 4.74 Å². The first-order valence-corrected chi connectivity index (χ1v) is 7.34. The zero-order chi connectivity index (χ0) is 15.9. The van der Waals surface area contributed by atoms with Crippen LogP contribution in [0.4, 0.5) is 5.69 Å². The van der Waals surface area contributed by atoms with E-state index in [1.54, 1.807) is 12.1 Å². The number of hydrogen-bond donors (Lipinski definition) is 2. The van der Waals surface area contributed by atoms with E-state index < -0.39 is 16.7 Å². The molecule has 6 nitrogen and oxygen atoms in total. The second kappa shape index (κ2) is 5.21. The fourth-order valence-corrected chi connectivity index (χ4v) is 3.02. The van der Waals surface area contributed by atoms with Gasteiger partial charge in [0, 0.05) is 24.3 Å². The highest BCUT2D eigenvalue weighted by atomic mass is 35.5. The molecule has 1 aromatic carbocycles. The summed E-state index contributed by atoms with van der Waals surface area (Å²) in [6, 6.07) is 5.44. The highest BCUT2D eigenvalue weighted by Gasteiger charge is 2.41. The molecule has 2 N–H and O–H groups in total. The van der Waals surface area contributed by atoms with Crippen molar-refractivity contribution in [1.29, 1.82) is 0 Å². The molecule has 1 atom stereocenters. The molecule has 0 saturated heterocycles. The number of nitrogens with one attached hydrogen (secondary N) is 2. The fraction of sp³-hybridized carbons (Fsp3) is 0.333. The summed E-state index contributed by atoms with van der Waals surface area (Å²) >= 11 is 6.00.